The molecule has 0 amide bonds. The fourth-order valence-electron chi connectivity index (χ4n) is 1.65. The Labute approximate surface area is 98.5 Å². The van der Waals surface area contributed by atoms with Crippen molar-refractivity contribution in [1.82, 2.24) is 25.1 Å². The van der Waals surface area contributed by atoms with Crippen LogP contribution >= 0.6 is 11.3 Å². The van der Waals surface area contributed by atoms with Crippen molar-refractivity contribution in [2.75, 3.05) is 0 Å². The molecule has 2 atom stereocenters. The van der Waals surface area contributed by atoms with E-state index in [0.717, 1.165) is 10.8 Å². The van der Waals surface area contributed by atoms with Crippen LogP contribution in [0.5, 0.6) is 0 Å². The molecule has 2 heterocycles. The van der Waals surface area contributed by atoms with Crippen LogP contribution in [-0.4, -0.2) is 19.7 Å². The lowest BCUT2D eigenvalue weighted by atomic mass is 10.2. The number of thiazole rings is 1. The van der Waals surface area contributed by atoms with Gasteiger partial charge in [0.2, 0.25) is 0 Å². The maximum atomic E-state index is 4.29. The Kier molecular flexibility index (Phi) is 3.31. The fraction of sp³-hybridized carbons (Fsp3) is 0.500. The quantitative estimate of drug-likeness (QED) is 0.879. The van der Waals surface area contributed by atoms with Crippen LogP contribution in [0.15, 0.2) is 17.9 Å². The van der Waals surface area contributed by atoms with Crippen LogP contribution in [0, 0.1) is 0 Å². The van der Waals surface area contributed by atoms with Gasteiger partial charge < -0.3 is 4.57 Å². The molecule has 0 aliphatic rings. The second-order valence-corrected chi connectivity index (χ2v) is 4.71. The third-order valence-corrected chi connectivity index (χ3v) is 3.41. The van der Waals surface area contributed by atoms with Gasteiger partial charge in [0.1, 0.15) is 17.2 Å². The van der Waals surface area contributed by atoms with E-state index in [1.165, 1.54) is 0 Å². The van der Waals surface area contributed by atoms with Crippen molar-refractivity contribution in [3.05, 3.63) is 28.7 Å². The molecule has 0 saturated carbocycles. The smallest absolute Gasteiger partial charge is 0.149 e. The molecule has 0 radical (unpaired) electrons. The van der Waals surface area contributed by atoms with Gasteiger partial charge in [-0.25, -0.2) is 4.98 Å². The monoisotopic (exact) mass is 237 g/mol. The Balaban J connectivity index is 2.03. The van der Waals surface area contributed by atoms with E-state index < -0.39 is 0 Å². The number of nitrogens with one attached hydrogen (secondary N) is 1. The van der Waals surface area contributed by atoms with Crippen LogP contribution in [0.1, 0.15) is 36.8 Å². The highest BCUT2D eigenvalue weighted by Crippen LogP contribution is 2.19. The zero-order chi connectivity index (χ0) is 11.5. The van der Waals surface area contributed by atoms with Crippen LogP contribution in [0.2, 0.25) is 0 Å². The fourth-order valence-corrected chi connectivity index (χ4v) is 2.31. The van der Waals surface area contributed by atoms with Gasteiger partial charge >= 0.3 is 0 Å². The first-order valence-electron chi connectivity index (χ1n) is 5.18. The molecule has 0 aliphatic carbocycles. The zero-order valence-corrected chi connectivity index (χ0v) is 10.4. The summed E-state index contributed by atoms with van der Waals surface area (Å²) in [4.78, 5) is 4.29. The molecule has 2 unspecified atom stereocenters. The van der Waals surface area contributed by atoms with E-state index in [0.29, 0.717) is 0 Å². The maximum absolute atomic E-state index is 4.29. The highest BCUT2D eigenvalue weighted by Gasteiger charge is 2.16. The van der Waals surface area contributed by atoms with Gasteiger partial charge in [0.05, 0.1) is 12.1 Å². The number of hydrogen-bond acceptors (Lipinski definition) is 5. The average Bonchev–Trinajstić information content (AvgIpc) is 2.86. The van der Waals surface area contributed by atoms with Crippen molar-refractivity contribution in [2.24, 2.45) is 7.05 Å². The van der Waals surface area contributed by atoms with Crippen molar-refractivity contribution < 1.29 is 0 Å². The number of aryl methyl sites for hydroxylation is 1. The first kappa shape index (κ1) is 11.2. The Morgan fingerprint density at radius 1 is 1.38 bits per heavy atom. The number of rotatable bonds is 4. The molecule has 16 heavy (non-hydrogen) atoms. The molecule has 0 aliphatic heterocycles. The number of aromatic nitrogens is 4. The molecule has 2 rings (SSSR count). The summed E-state index contributed by atoms with van der Waals surface area (Å²) in [6.45, 7) is 4.18. The number of nitrogens with zero attached hydrogens (tertiary/aromatic N) is 4. The highest BCUT2D eigenvalue weighted by molar-refractivity contribution is 7.09. The first-order chi connectivity index (χ1) is 7.68. The summed E-state index contributed by atoms with van der Waals surface area (Å²) < 4.78 is 1.92. The van der Waals surface area contributed by atoms with Crippen LogP contribution < -0.4 is 5.32 Å². The summed E-state index contributed by atoms with van der Waals surface area (Å²) >= 11 is 1.66. The molecule has 1 N–H and O–H groups in total. The summed E-state index contributed by atoms with van der Waals surface area (Å²) in [5, 5.41) is 14.5. The lowest BCUT2D eigenvalue weighted by Gasteiger charge is -2.17. The molecule has 2 aromatic rings. The minimum absolute atomic E-state index is 0.159. The first-order valence-corrected chi connectivity index (χ1v) is 6.05. The van der Waals surface area contributed by atoms with Gasteiger partial charge in [-0.3, -0.25) is 5.32 Å². The van der Waals surface area contributed by atoms with Crippen molar-refractivity contribution in [3.8, 4) is 0 Å². The normalized spacial score (nSPS) is 14.9. The minimum atomic E-state index is 0.159. The average molecular weight is 237 g/mol. The van der Waals surface area contributed by atoms with E-state index in [1.54, 1.807) is 17.7 Å². The van der Waals surface area contributed by atoms with Gasteiger partial charge in [-0.1, -0.05) is 0 Å². The van der Waals surface area contributed by atoms with Crippen molar-refractivity contribution >= 4 is 11.3 Å². The van der Waals surface area contributed by atoms with Gasteiger partial charge in [0.25, 0.3) is 0 Å². The van der Waals surface area contributed by atoms with Crippen LogP contribution in [-0.2, 0) is 7.05 Å². The lowest BCUT2D eigenvalue weighted by molar-refractivity contribution is 0.465. The zero-order valence-electron chi connectivity index (χ0n) is 9.58. The summed E-state index contributed by atoms with van der Waals surface area (Å²) in [6, 6.07) is 0.387. The largest absolute Gasteiger partial charge is 0.319 e. The van der Waals surface area contributed by atoms with E-state index in [9.17, 15) is 0 Å². The third kappa shape index (κ3) is 2.28. The molecule has 0 aromatic carbocycles. The van der Waals surface area contributed by atoms with Crippen LogP contribution in [0.4, 0.5) is 0 Å². The van der Waals surface area contributed by atoms with Gasteiger partial charge in [-0.15, -0.1) is 21.5 Å². The molecule has 0 saturated heterocycles. The van der Waals surface area contributed by atoms with Crippen molar-refractivity contribution in [3.63, 3.8) is 0 Å². The van der Waals surface area contributed by atoms with Crippen LogP contribution in [0.25, 0.3) is 0 Å². The minimum Gasteiger partial charge on any atom is -0.319 e. The lowest BCUT2D eigenvalue weighted by Crippen LogP contribution is -2.24. The maximum Gasteiger partial charge on any atom is 0.149 e. The van der Waals surface area contributed by atoms with Crippen LogP contribution in [0.3, 0.4) is 0 Å². The Morgan fingerprint density at radius 2 is 2.19 bits per heavy atom. The van der Waals surface area contributed by atoms with Gasteiger partial charge in [0, 0.05) is 18.6 Å². The van der Waals surface area contributed by atoms with Gasteiger partial charge in [0.15, 0.2) is 0 Å². The van der Waals surface area contributed by atoms with Gasteiger partial charge in [-0.05, 0) is 13.8 Å². The second-order valence-electron chi connectivity index (χ2n) is 3.78. The molecule has 2 aromatic heterocycles. The summed E-state index contributed by atoms with van der Waals surface area (Å²) in [7, 11) is 1.95. The SMILES string of the molecule is CC(NC(C)c1nncn1C)c1nccs1. The van der Waals surface area contributed by atoms with Crippen molar-refractivity contribution in [1.29, 1.82) is 0 Å². The van der Waals surface area contributed by atoms with E-state index in [2.05, 4.69) is 34.3 Å². The highest BCUT2D eigenvalue weighted by atomic mass is 32.1. The van der Waals surface area contributed by atoms with E-state index >= 15 is 0 Å². The Hall–Kier alpha value is -1.27. The van der Waals surface area contributed by atoms with E-state index in [1.807, 2.05) is 23.2 Å². The summed E-state index contributed by atoms with van der Waals surface area (Å²) in [6.07, 6.45) is 3.53. The standard InChI is InChI=1S/C10H15N5S/c1-7(9-14-12-6-15(9)3)13-8(2)10-11-4-5-16-10/h4-8,13H,1-3H3. The number of hydrogen-bond donors (Lipinski definition) is 1. The molecule has 6 heteroatoms. The van der Waals surface area contributed by atoms with E-state index in [-0.39, 0.29) is 12.1 Å². The predicted molar refractivity (Wildman–Crippen MR) is 63.1 cm³/mol. The van der Waals surface area contributed by atoms with Crippen molar-refractivity contribution in [2.45, 2.75) is 25.9 Å². The predicted octanol–water partition coefficient (Wildman–Crippen LogP) is 1.68. The molecule has 0 spiro atoms. The Bertz CT molecular complexity index is 436. The molecule has 0 bridgehead atoms. The summed E-state index contributed by atoms with van der Waals surface area (Å²) in [5.41, 5.74) is 0. The molecular weight excluding hydrogens is 222 g/mol. The van der Waals surface area contributed by atoms with Gasteiger partial charge in [-0.2, -0.15) is 0 Å². The second kappa shape index (κ2) is 4.71. The summed E-state index contributed by atoms with van der Waals surface area (Å²) in [5.74, 6) is 0.934. The molecule has 5 nitrogen and oxygen atoms in total. The molecule has 86 valence electrons. The molecule has 0 fully saturated rings. The van der Waals surface area contributed by atoms with E-state index in [4.69, 9.17) is 0 Å². The third-order valence-electron chi connectivity index (χ3n) is 2.46. The Morgan fingerprint density at radius 3 is 2.75 bits per heavy atom. The molecular formula is C10H15N5S. The topological polar surface area (TPSA) is 55.6 Å².